The molecule has 1 rings (SSSR count). The Morgan fingerprint density at radius 1 is 1.29 bits per heavy atom. The van der Waals surface area contributed by atoms with Gasteiger partial charge >= 0.3 is 0 Å². The molecule has 2 N–H and O–H groups in total. The van der Waals surface area contributed by atoms with Gasteiger partial charge in [0.2, 0.25) is 0 Å². The molecular formula is C16H35IN4. The van der Waals surface area contributed by atoms with Crippen LogP contribution >= 0.6 is 24.0 Å². The van der Waals surface area contributed by atoms with Crippen molar-refractivity contribution in [3.05, 3.63) is 0 Å². The van der Waals surface area contributed by atoms with Crippen LogP contribution in [0.1, 0.15) is 59.8 Å². The molecule has 1 aliphatic rings. The monoisotopic (exact) mass is 410 g/mol. The topological polar surface area (TPSA) is 39.7 Å². The molecule has 21 heavy (non-hydrogen) atoms. The summed E-state index contributed by atoms with van der Waals surface area (Å²) in [6.45, 7) is 13.0. The Kier molecular flexibility index (Phi) is 12.5. The van der Waals surface area contributed by atoms with Gasteiger partial charge in [0.25, 0.3) is 0 Å². The summed E-state index contributed by atoms with van der Waals surface area (Å²) < 4.78 is 0. The van der Waals surface area contributed by atoms with Gasteiger partial charge in [-0.05, 0) is 53.1 Å². The largest absolute Gasteiger partial charge is 0.357 e. The van der Waals surface area contributed by atoms with Crippen molar-refractivity contribution in [3.63, 3.8) is 0 Å². The number of likely N-dealkylation sites (tertiary alicyclic amines) is 1. The summed E-state index contributed by atoms with van der Waals surface area (Å²) in [6, 6.07) is 1.06. The molecule has 0 radical (unpaired) electrons. The van der Waals surface area contributed by atoms with E-state index >= 15 is 0 Å². The number of aliphatic imine (C=N–C) groups is 1. The number of hydrogen-bond donors (Lipinski definition) is 2. The molecule has 126 valence electrons. The zero-order valence-corrected chi connectivity index (χ0v) is 16.7. The Balaban J connectivity index is 0.00000400. The molecule has 0 bridgehead atoms. The van der Waals surface area contributed by atoms with E-state index in [0.717, 1.165) is 19.0 Å². The number of nitrogens with one attached hydrogen (secondary N) is 2. The van der Waals surface area contributed by atoms with Crippen molar-refractivity contribution in [2.24, 2.45) is 4.99 Å². The van der Waals surface area contributed by atoms with Gasteiger partial charge in [-0.2, -0.15) is 0 Å². The highest BCUT2D eigenvalue weighted by atomic mass is 127. The van der Waals surface area contributed by atoms with E-state index in [1.165, 1.54) is 45.2 Å². The third kappa shape index (κ3) is 8.86. The van der Waals surface area contributed by atoms with Crippen molar-refractivity contribution in [1.82, 2.24) is 15.5 Å². The Labute approximate surface area is 148 Å². The molecule has 1 unspecified atom stereocenters. The molecular weight excluding hydrogens is 375 g/mol. The van der Waals surface area contributed by atoms with Crippen LogP contribution in [-0.4, -0.2) is 49.1 Å². The Hall–Kier alpha value is -0.0400. The van der Waals surface area contributed by atoms with E-state index in [2.05, 4.69) is 43.2 Å². The quantitative estimate of drug-likeness (QED) is 0.385. The minimum atomic E-state index is 0. The lowest BCUT2D eigenvalue weighted by Crippen LogP contribution is -2.44. The second-order valence-electron chi connectivity index (χ2n) is 6.06. The average molecular weight is 410 g/mol. The van der Waals surface area contributed by atoms with Gasteiger partial charge < -0.3 is 10.6 Å². The first kappa shape index (κ1) is 21.0. The molecule has 1 aliphatic heterocycles. The second kappa shape index (κ2) is 12.5. The van der Waals surface area contributed by atoms with Crippen molar-refractivity contribution in [2.75, 3.05) is 26.2 Å². The molecule has 0 amide bonds. The molecule has 1 atom stereocenters. The maximum atomic E-state index is 4.79. The normalized spacial score (nSPS) is 20.2. The van der Waals surface area contributed by atoms with Crippen LogP contribution in [0.5, 0.6) is 0 Å². The van der Waals surface area contributed by atoms with Crippen LogP contribution in [0.2, 0.25) is 0 Å². The standard InChI is InChI=1S/C16H34N4.HI/c1-5-7-11-20-12-9-8-10-15(20)13-18-16(17-6-2)19-14(3)4;/h14-15H,5-13H2,1-4H3,(H2,17,18,19);1H. The molecule has 0 saturated carbocycles. The zero-order chi connectivity index (χ0) is 14.8. The van der Waals surface area contributed by atoms with Crippen LogP contribution < -0.4 is 10.6 Å². The number of hydrogen-bond acceptors (Lipinski definition) is 2. The van der Waals surface area contributed by atoms with Crippen LogP contribution in [0.15, 0.2) is 4.99 Å². The third-order valence-corrected chi connectivity index (χ3v) is 3.78. The minimum absolute atomic E-state index is 0. The summed E-state index contributed by atoms with van der Waals surface area (Å²) in [6.07, 6.45) is 6.61. The van der Waals surface area contributed by atoms with E-state index < -0.39 is 0 Å². The molecule has 1 saturated heterocycles. The average Bonchev–Trinajstić information content (AvgIpc) is 2.43. The van der Waals surface area contributed by atoms with Crippen molar-refractivity contribution >= 4 is 29.9 Å². The van der Waals surface area contributed by atoms with Crippen molar-refractivity contribution < 1.29 is 0 Å². The Bertz CT molecular complexity index is 281. The van der Waals surface area contributed by atoms with Crippen molar-refractivity contribution in [3.8, 4) is 0 Å². The fraction of sp³-hybridized carbons (Fsp3) is 0.938. The first-order valence-corrected chi connectivity index (χ1v) is 8.46. The Morgan fingerprint density at radius 3 is 2.67 bits per heavy atom. The fourth-order valence-corrected chi connectivity index (χ4v) is 2.71. The SMILES string of the molecule is CCCCN1CCCCC1CN=C(NCC)NC(C)C.I. The maximum absolute atomic E-state index is 4.79. The third-order valence-electron chi connectivity index (χ3n) is 3.78. The smallest absolute Gasteiger partial charge is 0.191 e. The molecule has 0 aromatic carbocycles. The maximum Gasteiger partial charge on any atom is 0.191 e. The number of rotatable bonds is 7. The highest BCUT2D eigenvalue weighted by Crippen LogP contribution is 2.17. The first-order chi connectivity index (χ1) is 9.67. The van der Waals surface area contributed by atoms with Gasteiger partial charge in [-0.3, -0.25) is 9.89 Å². The van der Waals surface area contributed by atoms with E-state index in [-0.39, 0.29) is 24.0 Å². The molecule has 1 heterocycles. The number of unbranched alkanes of at least 4 members (excludes halogenated alkanes) is 1. The van der Waals surface area contributed by atoms with Gasteiger partial charge in [0, 0.05) is 18.6 Å². The van der Waals surface area contributed by atoms with E-state index in [0.29, 0.717) is 12.1 Å². The fourth-order valence-electron chi connectivity index (χ4n) is 2.71. The molecule has 5 heteroatoms. The van der Waals surface area contributed by atoms with Crippen LogP contribution in [0.25, 0.3) is 0 Å². The predicted octanol–water partition coefficient (Wildman–Crippen LogP) is 3.22. The molecule has 0 aromatic heterocycles. The summed E-state index contributed by atoms with van der Waals surface area (Å²) in [5, 5.41) is 6.73. The number of guanidine groups is 1. The lowest BCUT2D eigenvalue weighted by Gasteiger charge is -2.35. The summed E-state index contributed by atoms with van der Waals surface area (Å²) in [5.41, 5.74) is 0. The van der Waals surface area contributed by atoms with Crippen molar-refractivity contribution in [2.45, 2.75) is 71.9 Å². The van der Waals surface area contributed by atoms with Gasteiger partial charge in [0.05, 0.1) is 6.54 Å². The van der Waals surface area contributed by atoms with Gasteiger partial charge in [-0.15, -0.1) is 24.0 Å². The number of nitrogens with zero attached hydrogens (tertiary/aromatic N) is 2. The molecule has 1 fully saturated rings. The predicted molar refractivity (Wildman–Crippen MR) is 104 cm³/mol. The van der Waals surface area contributed by atoms with Crippen molar-refractivity contribution in [1.29, 1.82) is 0 Å². The summed E-state index contributed by atoms with van der Waals surface area (Å²) in [4.78, 5) is 7.44. The van der Waals surface area contributed by atoms with Crippen LogP contribution in [0, 0.1) is 0 Å². The molecule has 0 spiro atoms. The van der Waals surface area contributed by atoms with Gasteiger partial charge in [0.15, 0.2) is 5.96 Å². The van der Waals surface area contributed by atoms with E-state index in [9.17, 15) is 0 Å². The number of piperidine rings is 1. The van der Waals surface area contributed by atoms with Crippen LogP contribution in [0.3, 0.4) is 0 Å². The summed E-state index contributed by atoms with van der Waals surface area (Å²) in [7, 11) is 0. The lowest BCUT2D eigenvalue weighted by molar-refractivity contribution is 0.151. The molecule has 4 nitrogen and oxygen atoms in total. The summed E-state index contributed by atoms with van der Waals surface area (Å²) in [5.74, 6) is 0.962. The van der Waals surface area contributed by atoms with Gasteiger partial charge in [0.1, 0.15) is 0 Å². The highest BCUT2D eigenvalue weighted by molar-refractivity contribution is 14.0. The van der Waals surface area contributed by atoms with Gasteiger partial charge in [-0.1, -0.05) is 19.8 Å². The number of halogens is 1. The van der Waals surface area contributed by atoms with E-state index in [4.69, 9.17) is 4.99 Å². The minimum Gasteiger partial charge on any atom is -0.357 e. The van der Waals surface area contributed by atoms with Gasteiger partial charge in [-0.25, -0.2) is 0 Å². The Morgan fingerprint density at radius 2 is 2.05 bits per heavy atom. The molecule has 0 aliphatic carbocycles. The zero-order valence-electron chi connectivity index (χ0n) is 14.3. The first-order valence-electron chi connectivity index (χ1n) is 8.46. The van der Waals surface area contributed by atoms with E-state index in [1.807, 2.05) is 0 Å². The second-order valence-corrected chi connectivity index (χ2v) is 6.06. The van der Waals surface area contributed by atoms with E-state index in [1.54, 1.807) is 0 Å². The van der Waals surface area contributed by atoms with Crippen LogP contribution in [-0.2, 0) is 0 Å². The lowest BCUT2D eigenvalue weighted by atomic mass is 10.0. The highest BCUT2D eigenvalue weighted by Gasteiger charge is 2.21. The van der Waals surface area contributed by atoms with Crippen LogP contribution in [0.4, 0.5) is 0 Å². The molecule has 0 aromatic rings. The summed E-state index contributed by atoms with van der Waals surface area (Å²) >= 11 is 0.